The summed E-state index contributed by atoms with van der Waals surface area (Å²) < 4.78 is 1.54. The lowest BCUT2D eigenvalue weighted by Gasteiger charge is -2.31. The van der Waals surface area contributed by atoms with Crippen LogP contribution in [-0.4, -0.2) is 40.0 Å². The van der Waals surface area contributed by atoms with Crippen molar-refractivity contribution in [3.05, 3.63) is 36.0 Å². The minimum absolute atomic E-state index is 0.0548. The van der Waals surface area contributed by atoms with Crippen molar-refractivity contribution >= 4 is 34.5 Å². The van der Waals surface area contributed by atoms with E-state index in [4.69, 9.17) is 0 Å². The summed E-state index contributed by atoms with van der Waals surface area (Å²) in [5.74, 6) is -0.161. The first-order valence-electron chi connectivity index (χ1n) is 5.60. The number of carbonyl (C=O) groups excluding carboxylic acids is 2. The molecule has 1 unspecified atom stereocenters. The van der Waals surface area contributed by atoms with Crippen LogP contribution in [0.4, 0.5) is 0 Å². The molecule has 0 saturated carbocycles. The van der Waals surface area contributed by atoms with E-state index in [9.17, 15) is 9.59 Å². The fraction of sp³-hybridized carbons (Fsp3) is 0.231. The van der Waals surface area contributed by atoms with Crippen LogP contribution in [-0.2, 0) is 0 Å². The lowest BCUT2D eigenvalue weighted by Crippen LogP contribution is -2.48. The van der Waals surface area contributed by atoms with Gasteiger partial charge in [-0.3, -0.25) is 14.2 Å². The lowest BCUT2D eigenvalue weighted by molar-refractivity contribution is 0.0635. The van der Waals surface area contributed by atoms with Crippen LogP contribution in [0, 0.1) is 0 Å². The largest absolute Gasteiger partial charge is 0.320 e. The fourth-order valence-electron chi connectivity index (χ4n) is 2.37. The van der Waals surface area contributed by atoms with E-state index in [0.29, 0.717) is 5.69 Å². The molecule has 0 N–H and O–H groups in total. The quantitative estimate of drug-likeness (QED) is 0.788. The molecule has 1 atom stereocenters. The molecule has 0 bridgehead atoms. The maximum absolute atomic E-state index is 12.4. The van der Waals surface area contributed by atoms with E-state index in [2.05, 4.69) is 0 Å². The van der Waals surface area contributed by atoms with Gasteiger partial charge in [-0.25, -0.2) is 0 Å². The van der Waals surface area contributed by atoms with Gasteiger partial charge in [0.1, 0.15) is 5.69 Å². The summed E-state index contributed by atoms with van der Waals surface area (Å²) in [6, 6.07) is 9.34. The summed E-state index contributed by atoms with van der Waals surface area (Å²) in [6.45, 7) is 0. The Bertz CT molecular complexity index is 662. The number of benzene rings is 1. The number of likely N-dealkylation sites (N-methyl/N-ethyl adjacent to an activating group) is 1. The number of amides is 1. The van der Waals surface area contributed by atoms with Crippen LogP contribution in [0.15, 0.2) is 30.3 Å². The highest BCUT2D eigenvalue weighted by Crippen LogP contribution is 2.28. The normalized spacial score (nSPS) is 19.4. The van der Waals surface area contributed by atoms with E-state index in [-0.39, 0.29) is 11.8 Å². The molecule has 0 radical (unpaired) electrons. The predicted octanol–water partition coefficient (Wildman–Crippen LogP) is 2.06. The molecular weight excluding hydrogens is 248 g/mol. The Morgan fingerprint density at radius 2 is 1.94 bits per heavy atom. The van der Waals surface area contributed by atoms with Gasteiger partial charge in [-0.2, -0.15) is 0 Å². The third-order valence-electron chi connectivity index (χ3n) is 3.26. The maximum atomic E-state index is 12.4. The summed E-state index contributed by atoms with van der Waals surface area (Å²) in [4.78, 5) is 26.2. The molecule has 1 amide bonds. The minimum atomic E-state index is -0.444. The topological polar surface area (TPSA) is 42.3 Å². The number of carbonyl (C=O) groups is 2. The Balaban J connectivity index is 2.32. The number of rotatable bonds is 1. The lowest BCUT2D eigenvalue weighted by atomic mass is 10.2. The second-order valence-electron chi connectivity index (χ2n) is 4.27. The fourth-order valence-corrected chi connectivity index (χ4v) is 3.09. The molecule has 92 valence electrons. The van der Waals surface area contributed by atoms with Crippen molar-refractivity contribution in [2.75, 3.05) is 13.3 Å². The summed E-state index contributed by atoms with van der Waals surface area (Å²) in [5.41, 5.74) is 1.26. The maximum Gasteiger partial charge on any atom is 0.272 e. The van der Waals surface area contributed by atoms with Gasteiger partial charge in [0, 0.05) is 12.4 Å². The van der Waals surface area contributed by atoms with Crippen LogP contribution in [0.1, 0.15) is 15.3 Å². The molecule has 0 spiro atoms. The van der Waals surface area contributed by atoms with E-state index >= 15 is 0 Å². The molecule has 0 aliphatic carbocycles. The molecule has 4 nitrogen and oxygen atoms in total. The Hall–Kier alpha value is -1.75. The highest BCUT2D eigenvalue weighted by molar-refractivity contribution is 7.99. The molecule has 1 aromatic carbocycles. The second kappa shape index (κ2) is 3.88. The van der Waals surface area contributed by atoms with Gasteiger partial charge in [0.2, 0.25) is 0 Å². The average Bonchev–Trinajstić information content (AvgIpc) is 2.76. The summed E-state index contributed by atoms with van der Waals surface area (Å²) >= 11 is 1.38. The van der Waals surface area contributed by atoms with E-state index in [1.54, 1.807) is 17.7 Å². The van der Waals surface area contributed by atoms with Gasteiger partial charge in [0.15, 0.2) is 5.37 Å². The number of fused-ring (bicyclic) bond motifs is 3. The molecule has 0 fully saturated rings. The number of aromatic nitrogens is 1. The molecule has 1 aliphatic heterocycles. The molecule has 0 saturated heterocycles. The number of hydrogen-bond donors (Lipinski definition) is 0. The zero-order valence-corrected chi connectivity index (χ0v) is 10.9. The Labute approximate surface area is 109 Å². The monoisotopic (exact) mass is 260 g/mol. The second-order valence-corrected chi connectivity index (χ2v) is 5.18. The molecule has 2 aromatic rings. The Morgan fingerprint density at radius 1 is 1.22 bits per heavy atom. The summed E-state index contributed by atoms with van der Waals surface area (Å²) in [7, 11) is 1.67. The van der Waals surface area contributed by atoms with Crippen molar-refractivity contribution in [3.8, 4) is 0 Å². The zero-order chi connectivity index (χ0) is 12.9. The predicted molar refractivity (Wildman–Crippen MR) is 72.0 cm³/mol. The number of para-hydroxylation sites is 1. The zero-order valence-electron chi connectivity index (χ0n) is 10.1. The first-order valence-corrected chi connectivity index (χ1v) is 6.88. The van der Waals surface area contributed by atoms with E-state index in [1.807, 2.05) is 30.5 Å². The Morgan fingerprint density at radius 3 is 2.67 bits per heavy atom. The van der Waals surface area contributed by atoms with Crippen LogP contribution >= 0.6 is 11.8 Å². The van der Waals surface area contributed by atoms with Gasteiger partial charge < -0.3 is 4.90 Å². The third-order valence-corrected chi connectivity index (χ3v) is 4.22. The van der Waals surface area contributed by atoms with Gasteiger partial charge in [-0.15, -0.1) is 11.8 Å². The van der Waals surface area contributed by atoms with Crippen molar-refractivity contribution in [3.63, 3.8) is 0 Å². The molecule has 1 aliphatic rings. The van der Waals surface area contributed by atoms with Crippen molar-refractivity contribution in [2.24, 2.45) is 0 Å². The van der Waals surface area contributed by atoms with Crippen LogP contribution < -0.4 is 0 Å². The highest BCUT2D eigenvalue weighted by atomic mass is 32.2. The number of nitrogens with zero attached hydrogens (tertiary/aromatic N) is 2. The number of hydrogen-bond acceptors (Lipinski definition) is 3. The van der Waals surface area contributed by atoms with Crippen LogP contribution in [0.25, 0.3) is 10.9 Å². The first-order chi connectivity index (χ1) is 8.65. The number of thioether (sulfide) groups is 1. The summed E-state index contributed by atoms with van der Waals surface area (Å²) in [6.07, 6.45) is 1.84. The standard InChI is InChI=1S/C13H12N2O2S/c1-14-11(16)10-7-8-5-3-4-6-9(8)15(10)12(17)13(14)18-2/h3-7,13H,1-2H3. The summed E-state index contributed by atoms with van der Waals surface area (Å²) in [5, 5.41) is 0.477. The van der Waals surface area contributed by atoms with Crippen molar-refractivity contribution < 1.29 is 9.59 Å². The molecule has 2 heterocycles. The van der Waals surface area contributed by atoms with Gasteiger partial charge in [0.05, 0.1) is 5.52 Å². The molecule has 5 heteroatoms. The van der Waals surface area contributed by atoms with Gasteiger partial charge >= 0.3 is 0 Å². The van der Waals surface area contributed by atoms with Crippen molar-refractivity contribution in [2.45, 2.75) is 5.37 Å². The van der Waals surface area contributed by atoms with Gasteiger partial charge in [0.25, 0.3) is 11.8 Å². The minimum Gasteiger partial charge on any atom is -0.320 e. The molecule has 18 heavy (non-hydrogen) atoms. The van der Waals surface area contributed by atoms with Crippen LogP contribution in [0.5, 0.6) is 0 Å². The van der Waals surface area contributed by atoms with E-state index in [1.165, 1.54) is 16.7 Å². The van der Waals surface area contributed by atoms with Crippen molar-refractivity contribution in [1.29, 1.82) is 0 Å². The van der Waals surface area contributed by atoms with Gasteiger partial charge in [-0.05, 0) is 18.4 Å². The average molecular weight is 260 g/mol. The highest BCUT2D eigenvalue weighted by Gasteiger charge is 2.37. The third kappa shape index (κ3) is 1.34. The van der Waals surface area contributed by atoms with Crippen molar-refractivity contribution in [1.82, 2.24) is 9.47 Å². The SMILES string of the molecule is CSC1C(=O)n2c(cc3ccccc32)C(=O)N1C. The van der Waals surface area contributed by atoms with Crippen LogP contribution in [0.3, 0.4) is 0 Å². The molecule has 3 rings (SSSR count). The molecule has 1 aromatic heterocycles. The van der Waals surface area contributed by atoms with E-state index < -0.39 is 5.37 Å². The first kappa shape index (κ1) is 11.3. The smallest absolute Gasteiger partial charge is 0.272 e. The Kier molecular flexibility index (Phi) is 2.45. The van der Waals surface area contributed by atoms with E-state index in [0.717, 1.165) is 10.9 Å². The van der Waals surface area contributed by atoms with Crippen LogP contribution in [0.2, 0.25) is 0 Å². The molecular formula is C13H12N2O2S. The van der Waals surface area contributed by atoms with Gasteiger partial charge in [-0.1, -0.05) is 18.2 Å².